The highest BCUT2D eigenvalue weighted by molar-refractivity contribution is 9.10. The van der Waals surface area contributed by atoms with E-state index in [1.165, 1.54) is 0 Å². The van der Waals surface area contributed by atoms with Gasteiger partial charge in [0.15, 0.2) is 0 Å². The Kier molecular flexibility index (Phi) is 4.41. The van der Waals surface area contributed by atoms with Crippen molar-refractivity contribution in [3.05, 3.63) is 53.0 Å². The minimum atomic E-state index is 0.675. The molecule has 2 aromatic carbocycles. The highest BCUT2D eigenvalue weighted by Gasteiger charge is 2.09. The average molecular weight is 360 g/mol. The molecule has 0 unspecified atom stereocenters. The predicted molar refractivity (Wildman–Crippen MR) is 92.0 cm³/mol. The van der Waals surface area contributed by atoms with Gasteiger partial charge >= 0.3 is 0 Å². The summed E-state index contributed by atoms with van der Waals surface area (Å²) in [6.45, 7) is 2.85. The van der Waals surface area contributed by atoms with E-state index in [1.807, 2.05) is 37.3 Å². The lowest BCUT2D eigenvalue weighted by atomic mass is 10.2. The lowest BCUT2D eigenvalue weighted by molar-refractivity contribution is 1.05. The number of rotatable bonds is 4. The Labute approximate surface area is 136 Å². The van der Waals surface area contributed by atoms with Crippen molar-refractivity contribution in [3.8, 4) is 0 Å². The van der Waals surface area contributed by atoms with E-state index in [-0.39, 0.29) is 0 Å². The molecule has 0 amide bonds. The van der Waals surface area contributed by atoms with Crippen molar-refractivity contribution in [1.29, 1.82) is 0 Å². The molecule has 0 atom stereocenters. The largest absolute Gasteiger partial charge is 0.354 e. The zero-order chi connectivity index (χ0) is 14.7. The molecular weight excluding hydrogens is 346 g/mol. The molecule has 0 saturated carbocycles. The number of hydrogen-bond acceptors (Lipinski definition) is 4. The van der Waals surface area contributed by atoms with E-state index in [0.717, 1.165) is 31.8 Å². The lowest BCUT2D eigenvalue weighted by Crippen LogP contribution is -2.03. The van der Waals surface area contributed by atoms with E-state index in [1.54, 1.807) is 11.8 Å². The summed E-state index contributed by atoms with van der Waals surface area (Å²) in [6, 6.07) is 16.3. The molecule has 0 aliphatic carbocycles. The molecule has 1 heterocycles. The number of aromatic nitrogens is 2. The molecule has 106 valence electrons. The predicted octanol–water partition coefficient (Wildman–Crippen LogP) is 4.98. The molecular formula is C16H14BrN3S. The number of anilines is 1. The molecule has 3 rings (SSSR count). The fourth-order valence-electron chi connectivity index (χ4n) is 2.00. The van der Waals surface area contributed by atoms with E-state index in [0.29, 0.717) is 5.95 Å². The maximum atomic E-state index is 4.64. The first-order valence-electron chi connectivity index (χ1n) is 6.70. The van der Waals surface area contributed by atoms with Crippen LogP contribution in [0.4, 0.5) is 5.95 Å². The summed E-state index contributed by atoms with van der Waals surface area (Å²) >= 11 is 5.16. The van der Waals surface area contributed by atoms with E-state index < -0.39 is 0 Å². The van der Waals surface area contributed by atoms with Gasteiger partial charge in [-0.15, -0.1) is 0 Å². The summed E-state index contributed by atoms with van der Waals surface area (Å²) in [7, 11) is 0. The normalized spacial score (nSPS) is 10.8. The van der Waals surface area contributed by atoms with Crippen LogP contribution in [0.2, 0.25) is 0 Å². The number of para-hydroxylation sites is 1. The maximum absolute atomic E-state index is 4.64. The highest BCUT2D eigenvalue weighted by atomic mass is 79.9. The Hall–Kier alpha value is -1.59. The van der Waals surface area contributed by atoms with Crippen LogP contribution in [0.5, 0.6) is 0 Å². The van der Waals surface area contributed by atoms with Crippen LogP contribution >= 0.6 is 27.7 Å². The lowest BCUT2D eigenvalue weighted by Gasteiger charge is -2.09. The summed E-state index contributed by atoms with van der Waals surface area (Å²) in [6.07, 6.45) is 0. The van der Waals surface area contributed by atoms with Crippen LogP contribution in [0.25, 0.3) is 10.9 Å². The number of hydrogen-bond donors (Lipinski definition) is 1. The zero-order valence-electron chi connectivity index (χ0n) is 11.5. The van der Waals surface area contributed by atoms with Gasteiger partial charge in [-0.1, -0.05) is 52.0 Å². The molecule has 3 aromatic rings. The fourth-order valence-corrected chi connectivity index (χ4v) is 3.53. The molecule has 21 heavy (non-hydrogen) atoms. The first-order valence-corrected chi connectivity index (χ1v) is 8.31. The van der Waals surface area contributed by atoms with Crippen LogP contribution in [0, 0.1) is 0 Å². The van der Waals surface area contributed by atoms with Gasteiger partial charge in [0.25, 0.3) is 0 Å². The zero-order valence-corrected chi connectivity index (χ0v) is 13.9. The van der Waals surface area contributed by atoms with Crippen molar-refractivity contribution in [3.63, 3.8) is 0 Å². The minimum Gasteiger partial charge on any atom is -0.354 e. The van der Waals surface area contributed by atoms with Gasteiger partial charge in [-0.2, -0.15) is 0 Å². The second-order valence-electron chi connectivity index (χ2n) is 4.46. The van der Waals surface area contributed by atoms with Crippen LogP contribution in [0.1, 0.15) is 6.92 Å². The Balaban J connectivity index is 2.07. The first-order chi connectivity index (χ1) is 10.3. The van der Waals surface area contributed by atoms with Crippen LogP contribution < -0.4 is 5.32 Å². The average Bonchev–Trinajstić information content (AvgIpc) is 2.48. The van der Waals surface area contributed by atoms with Gasteiger partial charge in [0.2, 0.25) is 5.95 Å². The number of nitrogens with zero attached hydrogens (tertiary/aromatic N) is 2. The number of benzene rings is 2. The van der Waals surface area contributed by atoms with Crippen LogP contribution in [0.3, 0.4) is 0 Å². The van der Waals surface area contributed by atoms with E-state index >= 15 is 0 Å². The van der Waals surface area contributed by atoms with Gasteiger partial charge in [-0.25, -0.2) is 9.97 Å². The van der Waals surface area contributed by atoms with Gasteiger partial charge in [-0.05, 0) is 31.2 Å². The Morgan fingerprint density at radius 1 is 1.10 bits per heavy atom. The fraction of sp³-hybridized carbons (Fsp3) is 0.125. The van der Waals surface area contributed by atoms with E-state index in [9.17, 15) is 0 Å². The van der Waals surface area contributed by atoms with Gasteiger partial charge < -0.3 is 5.32 Å². The van der Waals surface area contributed by atoms with Crippen LogP contribution in [-0.2, 0) is 0 Å². The molecule has 1 aromatic heterocycles. The van der Waals surface area contributed by atoms with E-state index in [2.05, 4.69) is 49.4 Å². The summed E-state index contributed by atoms with van der Waals surface area (Å²) < 4.78 is 1.07. The van der Waals surface area contributed by atoms with Crippen LogP contribution in [0.15, 0.2) is 62.9 Å². The number of fused-ring (bicyclic) bond motifs is 1. The quantitative estimate of drug-likeness (QED) is 0.667. The maximum Gasteiger partial charge on any atom is 0.224 e. The van der Waals surface area contributed by atoms with Crippen molar-refractivity contribution in [1.82, 2.24) is 9.97 Å². The molecule has 0 saturated heterocycles. The topological polar surface area (TPSA) is 37.8 Å². The second-order valence-corrected chi connectivity index (χ2v) is 6.44. The van der Waals surface area contributed by atoms with Gasteiger partial charge in [0.05, 0.1) is 5.52 Å². The molecule has 5 heteroatoms. The third kappa shape index (κ3) is 3.36. The summed E-state index contributed by atoms with van der Waals surface area (Å²) in [5.74, 6) is 0.675. The number of nitrogens with one attached hydrogen (secondary N) is 1. The summed E-state index contributed by atoms with van der Waals surface area (Å²) in [5.41, 5.74) is 0.959. The smallest absolute Gasteiger partial charge is 0.224 e. The van der Waals surface area contributed by atoms with Crippen molar-refractivity contribution in [2.45, 2.75) is 16.8 Å². The molecule has 0 aliphatic rings. The molecule has 0 fully saturated rings. The first kappa shape index (κ1) is 14.4. The van der Waals surface area contributed by atoms with Crippen molar-refractivity contribution in [2.24, 2.45) is 0 Å². The Morgan fingerprint density at radius 2 is 1.95 bits per heavy atom. The molecule has 1 N–H and O–H groups in total. The SMILES string of the molecule is CCNc1nc(Sc2cccc(Br)c2)c2ccccc2n1. The molecule has 0 spiro atoms. The Bertz CT molecular complexity index is 776. The van der Waals surface area contributed by atoms with Crippen molar-refractivity contribution < 1.29 is 0 Å². The van der Waals surface area contributed by atoms with Crippen molar-refractivity contribution >= 4 is 44.5 Å². The standard InChI is InChI=1S/C16H14BrN3S/c1-2-18-16-19-14-9-4-3-8-13(14)15(20-16)21-12-7-5-6-11(17)10-12/h3-10H,2H2,1H3,(H,18,19,20). The van der Waals surface area contributed by atoms with Gasteiger partial charge in [-0.3, -0.25) is 0 Å². The Morgan fingerprint density at radius 3 is 2.76 bits per heavy atom. The highest BCUT2D eigenvalue weighted by Crippen LogP contribution is 2.33. The molecule has 0 radical (unpaired) electrons. The molecule has 3 nitrogen and oxygen atoms in total. The van der Waals surface area contributed by atoms with Crippen LogP contribution in [-0.4, -0.2) is 16.5 Å². The minimum absolute atomic E-state index is 0.675. The van der Waals surface area contributed by atoms with E-state index in [4.69, 9.17) is 0 Å². The molecule has 0 bridgehead atoms. The van der Waals surface area contributed by atoms with Gasteiger partial charge in [0.1, 0.15) is 5.03 Å². The van der Waals surface area contributed by atoms with Crippen molar-refractivity contribution in [2.75, 3.05) is 11.9 Å². The number of halogens is 1. The summed E-state index contributed by atoms with van der Waals surface area (Å²) in [4.78, 5) is 10.3. The summed E-state index contributed by atoms with van der Waals surface area (Å²) in [5, 5.41) is 5.23. The third-order valence-corrected chi connectivity index (χ3v) is 4.40. The van der Waals surface area contributed by atoms with Gasteiger partial charge in [0, 0.05) is 21.3 Å². The second kappa shape index (κ2) is 6.45. The molecule has 0 aliphatic heterocycles. The third-order valence-electron chi connectivity index (χ3n) is 2.91. The monoisotopic (exact) mass is 359 g/mol.